The molecule has 1 amide bonds. The van der Waals surface area contributed by atoms with E-state index in [0.29, 0.717) is 20.4 Å². The summed E-state index contributed by atoms with van der Waals surface area (Å²) in [6.45, 7) is 2.09. The highest BCUT2D eigenvalue weighted by Crippen LogP contribution is 2.26. The molecule has 0 fully saturated rings. The Morgan fingerprint density at radius 2 is 2.17 bits per heavy atom. The van der Waals surface area contributed by atoms with E-state index in [4.69, 9.17) is 11.6 Å². The molecule has 4 nitrogen and oxygen atoms in total. The smallest absolute Gasteiger partial charge is 0.240 e. The van der Waals surface area contributed by atoms with E-state index in [1.807, 2.05) is 25.1 Å². The van der Waals surface area contributed by atoms with Crippen molar-refractivity contribution in [2.24, 2.45) is 0 Å². The molecule has 3 rings (SSSR count). The molecule has 0 saturated carbocycles. The zero-order valence-electron chi connectivity index (χ0n) is 12.8. The number of benzene rings is 2. The lowest BCUT2D eigenvalue weighted by molar-refractivity contribution is -0.115. The van der Waals surface area contributed by atoms with Gasteiger partial charge in [0.05, 0.1) is 16.8 Å². The summed E-state index contributed by atoms with van der Waals surface area (Å²) in [6, 6.07) is 11.8. The molecule has 24 heavy (non-hydrogen) atoms. The van der Waals surface area contributed by atoms with Crippen molar-refractivity contribution in [3.63, 3.8) is 0 Å². The van der Waals surface area contributed by atoms with Gasteiger partial charge >= 0.3 is 0 Å². The molecule has 0 aliphatic carbocycles. The van der Waals surface area contributed by atoms with E-state index in [0.717, 1.165) is 5.56 Å². The van der Waals surface area contributed by atoms with Gasteiger partial charge in [-0.3, -0.25) is 4.79 Å². The number of thiazole rings is 1. The Morgan fingerprint density at radius 1 is 1.33 bits per heavy atom. The molecular formula is C17H15ClFN3OS. The fourth-order valence-electron chi connectivity index (χ4n) is 2.25. The summed E-state index contributed by atoms with van der Waals surface area (Å²) in [5.74, 6) is -0.524. The van der Waals surface area contributed by atoms with Crippen LogP contribution in [-0.4, -0.2) is 17.4 Å². The molecule has 0 aliphatic rings. The highest BCUT2D eigenvalue weighted by molar-refractivity contribution is 7.22. The number of rotatable bonds is 5. The van der Waals surface area contributed by atoms with Crippen molar-refractivity contribution in [3.8, 4) is 0 Å². The van der Waals surface area contributed by atoms with E-state index in [9.17, 15) is 9.18 Å². The third-order valence-corrected chi connectivity index (χ3v) is 4.68. The van der Waals surface area contributed by atoms with Crippen molar-refractivity contribution < 1.29 is 9.18 Å². The van der Waals surface area contributed by atoms with E-state index in [1.165, 1.54) is 23.5 Å². The number of carbonyl (C=O) groups excluding carboxylic acids is 1. The average Bonchev–Trinajstić information content (AvgIpc) is 2.93. The van der Waals surface area contributed by atoms with Crippen LogP contribution >= 0.6 is 22.9 Å². The zero-order valence-corrected chi connectivity index (χ0v) is 14.4. The summed E-state index contributed by atoms with van der Waals surface area (Å²) in [6.07, 6.45) is 0. The molecule has 0 aliphatic heterocycles. The van der Waals surface area contributed by atoms with Crippen molar-refractivity contribution >= 4 is 44.2 Å². The first kappa shape index (κ1) is 16.8. The van der Waals surface area contributed by atoms with Gasteiger partial charge in [-0.05, 0) is 42.8 Å². The number of aromatic nitrogens is 1. The quantitative estimate of drug-likeness (QED) is 0.707. The van der Waals surface area contributed by atoms with Crippen molar-refractivity contribution in [2.75, 3.05) is 11.9 Å². The normalized spacial score (nSPS) is 12.3. The molecule has 1 unspecified atom stereocenters. The van der Waals surface area contributed by atoms with Crippen LogP contribution in [0.3, 0.4) is 0 Å². The van der Waals surface area contributed by atoms with Gasteiger partial charge in [0.1, 0.15) is 5.82 Å². The number of hydrogen-bond donors (Lipinski definition) is 2. The predicted octanol–water partition coefficient (Wildman–Crippen LogP) is 4.38. The molecule has 3 aromatic rings. The summed E-state index contributed by atoms with van der Waals surface area (Å²) in [7, 11) is 0. The van der Waals surface area contributed by atoms with Gasteiger partial charge in [-0.1, -0.05) is 35.1 Å². The second kappa shape index (κ2) is 7.25. The van der Waals surface area contributed by atoms with Crippen LogP contribution in [0, 0.1) is 5.82 Å². The molecule has 7 heteroatoms. The molecule has 1 heterocycles. The standard InChI is InChI=1S/C17H15ClFN3OS/c1-10(11-3-2-4-12(18)7-11)20-9-16(23)22-17-21-14-6-5-13(19)8-15(14)24-17/h2-8,10,20H,9H2,1H3,(H,21,22,23). The number of carbonyl (C=O) groups is 1. The second-order valence-electron chi connectivity index (χ2n) is 5.34. The lowest BCUT2D eigenvalue weighted by atomic mass is 10.1. The van der Waals surface area contributed by atoms with Gasteiger partial charge in [-0.2, -0.15) is 0 Å². The molecular weight excluding hydrogens is 349 g/mol. The Bertz CT molecular complexity index is 883. The van der Waals surface area contributed by atoms with E-state index in [1.54, 1.807) is 12.1 Å². The van der Waals surface area contributed by atoms with Crippen LogP contribution in [-0.2, 0) is 4.79 Å². The van der Waals surface area contributed by atoms with Crippen molar-refractivity contribution in [2.45, 2.75) is 13.0 Å². The minimum Gasteiger partial charge on any atom is -0.302 e. The number of anilines is 1. The molecule has 2 N–H and O–H groups in total. The van der Waals surface area contributed by atoms with Gasteiger partial charge in [0.25, 0.3) is 0 Å². The number of amides is 1. The maximum absolute atomic E-state index is 13.2. The van der Waals surface area contributed by atoms with Crippen molar-refractivity contribution in [1.29, 1.82) is 0 Å². The van der Waals surface area contributed by atoms with Gasteiger partial charge in [-0.15, -0.1) is 0 Å². The summed E-state index contributed by atoms with van der Waals surface area (Å²) in [5.41, 5.74) is 1.67. The Balaban J connectivity index is 1.58. The molecule has 2 aromatic carbocycles. The fourth-order valence-corrected chi connectivity index (χ4v) is 3.36. The topological polar surface area (TPSA) is 54.0 Å². The van der Waals surface area contributed by atoms with E-state index in [-0.39, 0.29) is 24.3 Å². The lowest BCUT2D eigenvalue weighted by Crippen LogP contribution is -2.30. The summed E-state index contributed by atoms with van der Waals surface area (Å²) < 4.78 is 13.9. The van der Waals surface area contributed by atoms with Crippen LogP contribution in [0.4, 0.5) is 9.52 Å². The first-order chi connectivity index (χ1) is 11.5. The highest BCUT2D eigenvalue weighted by atomic mass is 35.5. The minimum absolute atomic E-state index is 0.0149. The van der Waals surface area contributed by atoms with Crippen molar-refractivity contribution in [3.05, 3.63) is 58.9 Å². The Hall–Kier alpha value is -2.02. The van der Waals surface area contributed by atoms with E-state index < -0.39 is 0 Å². The highest BCUT2D eigenvalue weighted by Gasteiger charge is 2.11. The van der Waals surface area contributed by atoms with Gasteiger partial charge < -0.3 is 10.6 Å². The van der Waals surface area contributed by atoms with Crippen LogP contribution < -0.4 is 10.6 Å². The van der Waals surface area contributed by atoms with Crippen LogP contribution in [0.1, 0.15) is 18.5 Å². The van der Waals surface area contributed by atoms with E-state index in [2.05, 4.69) is 15.6 Å². The van der Waals surface area contributed by atoms with Gasteiger partial charge in [0.15, 0.2) is 5.13 Å². The van der Waals surface area contributed by atoms with Crippen LogP contribution in [0.2, 0.25) is 5.02 Å². The summed E-state index contributed by atoms with van der Waals surface area (Å²) >= 11 is 7.21. The van der Waals surface area contributed by atoms with Crippen LogP contribution in [0.5, 0.6) is 0 Å². The predicted molar refractivity (Wildman–Crippen MR) is 96.1 cm³/mol. The minimum atomic E-state index is -0.318. The molecule has 0 radical (unpaired) electrons. The van der Waals surface area contributed by atoms with E-state index >= 15 is 0 Å². The molecule has 124 valence electrons. The van der Waals surface area contributed by atoms with Crippen LogP contribution in [0.25, 0.3) is 10.2 Å². The number of nitrogens with one attached hydrogen (secondary N) is 2. The summed E-state index contributed by atoms with van der Waals surface area (Å²) in [4.78, 5) is 16.3. The number of halogens is 2. The van der Waals surface area contributed by atoms with Gasteiger partial charge in [0, 0.05) is 11.1 Å². The molecule has 0 spiro atoms. The largest absolute Gasteiger partial charge is 0.302 e. The first-order valence-corrected chi connectivity index (χ1v) is 8.55. The number of hydrogen-bond acceptors (Lipinski definition) is 4. The fraction of sp³-hybridized carbons (Fsp3) is 0.176. The third-order valence-electron chi connectivity index (χ3n) is 3.51. The maximum Gasteiger partial charge on any atom is 0.240 e. The average molecular weight is 364 g/mol. The SMILES string of the molecule is CC(NCC(=O)Nc1nc2ccc(F)cc2s1)c1cccc(Cl)c1. The Morgan fingerprint density at radius 3 is 2.96 bits per heavy atom. The zero-order chi connectivity index (χ0) is 17.1. The number of nitrogens with zero attached hydrogens (tertiary/aromatic N) is 1. The second-order valence-corrected chi connectivity index (χ2v) is 6.80. The summed E-state index contributed by atoms with van der Waals surface area (Å²) in [5, 5.41) is 6.98. The lowest BCUT2D eigenvalue weighted by Gasteiger charge is -2.14. The van der Waals surface area contributed by atoms with Crippen molar-refractivity contribution in [1.82, 2.24) is 10.3 Å². The molecule has 1 atom stereocenters. The molecule has 0 saturated heterocycles. The van der Waals surface area contributed by atoms with Gasteiger partial charge in [0.2, 0.25) is 5.91 Å². The Labute approximate surface area is 147 Å². The molecule has 0 bridgehead atoms. The van der Waals surface area contributed by atoms with Gasteiger partial charge in [-0.25, -0.2) is 9.37 Å². The monoisotopic (exact) mass is 363 g/mol. The third kappa shape index (κ3) is 4.08. The van der Waals surface area contributed by atoms with Crippen LogP contribution in [0.15, 0.2) is 42.5 Å². The maximum atomic E-state index is 13.2. The first-order valence-electron chi connectivity index (χ1n) is 7.36. The Kier molecular flexibility index (Phi) is 5.08. The number of fused-ring (bicyclic) bond motifs is 1. The molecule has 1 aromatic heterocycles.